The maximum absolute atomic E-state index is 13.3. The quantitative estimate of drug-likeness (QED) is 0.591. The van der Waals surface area contributed by atoms with Crippen molar-refractivity contribution in [3.05, 3.63) is 71.3 Å². The van der Waals surface area contributed by atoms with Gasteiger partial charge in [-0.15, -0.1) is 18.3 Å². The van der Waals surface area contributed by atoms with Gasteiger partial charge in [0.1, 0.15) is 5.41 Å². The maximum atomic E-state index is 13.3. The van der Waals surface area contributed by atoms with Crippen LogP contribution in [0.2, 0.25) is 0 Å². The molecule has 2 aromatic rings. The zero-order valence-corrected chi connectivity index (χ0v) is 16.3. The Bertz CT molecular complexity index is 889. The van der Waals surface area contributed by atoms with Crippen LogP contribution in [0, 0.1) is 11.8 Å². The Hall–Kier alpha value is -2.45. The minimum atomic E-state index is -1.23. The van der Waals surface area contributed by atoms with Gasteiger partial charge in [-0.05, 0) is 5.56 Å². The Labute approximate surface area is 171 Å². The summed E-state index contributed by atoms with van der Waals surface area (Å²) < 4.78 is 5.35. The van der Waals surface area contributed by atoms with E-state index in [0.717, 1.165) is 31.9 Å². The summed E-state index contributed by atoms with van der Waals surface area (Å²) in [5.74, 6) is 6.01. The molecule has 0 radical (unpaired) electrons. The van der Waals surface area contributed by atoms with Gasteiger partial charge in [0.25, 0.3) is 0 Å². The van der Waals surface area contributed by atoms with Gasteiger partial charge < -0.3 is 4.74 Å². The van der Waals surface area contributed by atoms with Crippen LogP contribution >= 0.6 is 12.4 Å². The topological polar surface area (TPSA) is 46.6 Å². The normalized spacial score (nSPS) is 18.0. The average molecular weight is 396 g/mol. The number of Topliss-reactive ketones (excluding diaryl/α,β-unsaturated/α-hetero) is 2. The summed E-state index contributed by atoms with van der Waals surface area (Å²) in [6, 6.07) is 16.4. The Kier molecular flexibility index (Phi) is 6.31. The van der Waals surface area contributed by atoms with E-state index in [1.165, 1.54) is 0 Å². The first-order valence-corrected chi connectivity index (χ1v) is 9.23. The number of fused-ring (bicyclic) bond motifs is 1. The van der Waals surface area contributed by atoms with Crippen molar-refractivity contribution >= 4 is 24.0 Å². The van der Waals surface area contributed by atoms with Crippen LogP contribution in [0.3, 0.4) is 0 Å². The number of hydrogen-bond acceptors (Lipinski definition) is 4. The molecule has 0 N–H and O–H groups in total. The molecule has 28 heavy (non-hydrogen) atoms. The lowest BCUT2D eigenvalue weighted by Gasteiger charge is -2.25. The van der Waals surface area contributed by atoms with Gasteiger partial charge in [0.2, 0.25) is 0 Å². The molecule has 1 aliphatic carbocycles. The molecule has 2 aliphatic rings. The fraction of sp³-hybridized carbons (Fsp3) is 0.304. The van der Waals surface area contributed by atoms with Crippen molar-refractivity contribution in [2.75, 3.05) is 32.8 Å². The number of nitrogens with zero attached hydrogens (tertiary/aromatic N) is 1. The third kappa shape index (κ3) is 3.49. The number of hydrogen-bond donors (Lipinski definition) is 0. The van der Waals surface area contributed by atoms with E-state index in [9.17, 15) is 9.59 Å². The summed E-state index contributed by atoms with van der Waals surface area (Å²) in [6.45, 7) is 3.80. The molecule has 4 rings (SSSR count). The number of carbonyl (C=O) groups excluding carboxylic acids is 2. The molecule has 1 aliphatic heterocycles. The highest BCUT2D eigenvalue weighted by atomic mass is 35.5. The van der Waals surface area contributed by atoms with Crippen LogP contribution < -0.4 is 0 Å². The van der Waals surface area contributed by atoms with Gasteiger partial charge >= 0.3 is 0 Å². The van der Waals surface area contributed by atoms with Crippen molar-refractivity contribution in [3.63, 3.8) is 0 Å². The van der Waals surface area contributed by atoms with E-state index < -0.39 is 5.41 Å². The monoisotopic (exact) mass is 395 g/mol. The highest BCUT2D eigenvalue weighted by molar-refractivity contribution is 6.33. The molecule has 0 unspecified atom stereocenters. The Morgan fingerprint density at radius 2 is 1.43 bits per heavy atom. The molecule has 0 atom stereocenters. The zero-order chi connectivity index (χ0) is 18.7. The number of carbonyl (C=O) groups is 2. The van der Waals surface area contributed by atoms with Gasteiger partial charge in [-0.1, -0.05) is 60.5 Å². The molecule has 4 nitrogen and oxygen atoms in total. The number of ketones is 2. The van der Waals surface area contributed by atoms with E-state index in [4.69, 9.17) is 4.74 Å². The lowest BCUT2D eigenvalue weighted by molar-refractivity contribution is 0.0443. The van der Waals surface area contributed by atoms with E-state index in [-0.39, 0.29) is 30.4 Å². The van der Waals surface area contributed by atoms with E-state index in [2.05, 4.69) is 16.7 Å². The van der Waals surface area contributed by atoms with Crippen LogP contribution in [0.25, 0.3) is 0 Å². The second-order valence-corrected chi connectivity index (χ2v) is 6.89. The molecule has 0 aromatic heterocycles. The third-order valence-corrected chi connectivity index (χ3v) is 5.34. The van der Waals surface area contributed by atoms with Crippen molar-refractivity contribution in [3.8, 4) is 11.8 Å². The second kappa shape index (κ2) is 8.70. The molecule has 0 amide bonds. The van der Waals surface area contributed by atoms with E-state index in [0.29, 0.717) is 17.7 Å². The molecule has 0 spiro atoms. The summed E-state index contributed by atoms with van der Waals surface area (Å²) in [4.78, 5) is 28.8. The number of ether oxygens (including phenoxy) is 1. The molecule has 144 valence electrons. The molecule has 1 heterocycles. The van der Waals surface area contributed by atoms with Crippen molar-refractivity contribution in [2.24, 2.45) is 0 Å². The standard InChI is InChI=1S/C23H21NO3.ClH/c25-21-19-10-4-5-11-20(19)22(26)23(21,18-8-2-1-3-9-18)12-6-7-13-24-14-16-27-17-15-24;/h1-5,8-11H,12-17H2;1H. The van der Waals surface area contributed by atoms with E-state index >= 15 is 0 Å². The first kappa shape index (κ1) is 20.3. The van der Waals surface area contributed by atoms with Crippen molar-refractivity contribution in [1.29, 1.82) is 0 Å². The number of benzene rings is 2. The molecule has 5 heteroatoms. The minimum Gasteiger partial charge on any atom is -0.379 e. The fourth-order valence-electron chi connectivity index (χ4n) is 3.81. The summed E-state index contributed by atoms with van der Waals surface area (Å²) in [5, 5.41) is 0. The molecule has 1 fully saturated rings. The highest BCUT2D eigenvalue weighted by Crippen LogP contribution is 2.42. The number of halogens is 1. The predicted molar refractivity (Wildman–Crippen MR) is 110 cm³/mol. The van der Waals surface area contributed by atoms with Crippen molar-refractivity contribution in [2.45, 2.75) is 11.8 Å². The SMILES string of the molecule is Cl.O=C1c2ccccc2C(=O)C1(CC#CCN1CCOCC1)c1ccccc1. The Morgan fingerprint density at radius 3 is 2.04 bits per heavy atom. The van der Waals surface area contributed by atoms with Crippen LogP contribution in [0.5, 0.6) is 0 Å². The van der Waals surface area contributed by atoms with Gasteiger partial charge in [-0.25, -0.2) is 0 Å². The summed E-state index contributed by atoms with van der Waals surface area (Å²) in [6.07, 6.45) is 0.202. The summed E-state index contributed by atoms with van der Waals surface area (Å²) in [7, 11) is 0. The average Bonchev–Trinajstić information content (AvgIpc) is 2.95. The molecular weight excluding hydrogens is 374 g/mol. The summed E-state index contributed by atoms with van der Waals surface area (Å²) >= 11 is 0. The molecule has 1 saturated heterocycles. The van der Waals surface area contributed by atoms with Crippen molar-refractivity contribution < 1.29 is 14.3 Å². The first-order valence-electron chi connectivity index (χ1n) is 9.23. The Morgan fingerprint density at radius 1 is 0.857 bits per heavy atom. The van der Waals surface area contributed by atoms with Gasteiger partial charge in [0.05, 0.1) is 19.8 Å². The van der Waals surface area contributed by atoms with E-state index in [1.807, 2.05) is 30.3 Å². The fourth-order valence-corrected chi connectivity index (χ4v) is 3.81. The Balaban J connectivity index is 0.00000225. The van der Waals surface area contributed by atoms with Crippen molar-refractivity contribution in [1.82, 2.24) is 4.90 Å². The minimum absolute atomic E-state index is 0. The number of morpholine rings is 1. The maximum Gasteiger partial charge on any atom is 0.182 e. The first-order chi connectivity index (χ1) is 13.2. The van der Waals surface area contributed by atoms with Gasteiger partial charge in [0.15, 0.2) is 11.6 Å². The van der Waals surface area contributed by atoms with Gasteiger partial charge in [-0.3, -0.25) is 14.5 Å². The lowest BCUT2D eigenvalue weighted by Crippen LogP contribution is -2.38. The van der Waals surface area contributed by atoms with Crippen LogP contribution in [0.15, 0.2) is 54.6 Å². The molecule has 2 aromatic carbocycles. The zero-order valence-electron chi connectivity index (χ0n) is 15.5. The third-order valence-electron chi connectivity index (χ3n) is 5.34. The highest BCUT2D eigenvalue weighted by Gasteiger charge is 2.53. The van der Waals surface area contributed by atoms with Gasteiger partial charge in [-0.2, -0.15) is 0 Å². The smallest absolute Gasteiger partial charge is 0.182 e. The second-order valence-electron chi connectivity index (χ2n) is 6.89. The largest absolute Gasteiger partial charge is 0.379 e. The number of rotatable bonds is 3. The van der Waals surface area contributed by atoms with Crippen LogP contribution in [-0.4, -0.2) is 49.3 Å². The van der Waals surface area contributed by atoms with Crippen LogP contribution in [0.4, 0.5) is 0 Å². The molecular formula is C23H22ClNO3. The molecule has 0 bridgehead atoms. The summed E-state index contributed by atoms with van der Waals surface area (Å²) in [5.41, 5.74) is 0.489. The van der Waals surface area contributed by atoms with Crippen LogP contribution in [0.1, 0.15) is 32.7 Å². The van der Waals surface area contributed by atoms with Gasteiger partial charge in [0, 0.05) is 30.6 Å². The lowest BCUT2D eigenvalue weighted by atomic mass is 9.73. The van der Waals surface area contributed by atoms with E-state index in [1.54, 1.807) is 24.3 Å². The molecule has 0 saturated carbocycles. The predicted octanol–water partition coefficient (Wildman–Crippen LogP) is 3.15. The van der Waals surface area contributed by atoms with Crippen LogP contribution in [-0.2, 0) is 10.2 Å².